The van der Waals surface area contributed by atoms with E-state index in [0.29, 0.717) is 22.2 Å². The molecule has 0 saturated carbocycles. The van der Waals surface area contributed by atoms with Crippen LogP contribution in [-0.4, -0.2) is 25.9 Å². The van der Waals surface area contributed by atoms with Gasteiger partial charge in [-0.05, 0) is 37.3 Å². The van der Waals surface area contributed by atoms with Gasteiger partial charge in [-0.15, -0.1) is 5.10 Å². The van der Waals surface area contributed by atoms with E-state index in [1.807, 2.05) is 0 Å². The molecule has 3 aromatic rings. The molecule has 0 radical (unpaired) electrons. The Balaban J connectivity index is 1.75. The SMILES string of the molecule is CC(C(=O)Nc1cccc(Cl)c1)n1cc(-c2ccnc(N)c2)nn1. The topological polar surface area (TPSA) is 98.7 Å². The molecule has 3 N–H and O–H groups in total. The summed E-state index contributed by atoms with van der Waals surface area (Å²) in [5.74, 6) is 0.178. The summed E-state index contributed by atoms with van der Waals surface area (Å²) in [7, 11) is 0. The number of halogens is 1. The molecule has 122 valence electrons. The Labute approximate surface area is 143 Å². The van der Waals surface area contributed by atoms with Gasteiger partial charge in [-0.2, -0.15) is 0 Å². The first-order valence-electron chi connectivity index (χ1n) is 7.23. The van der Waals surface area contributed by atoms with E-state index in [4.69, 9.17) is 17.3 Å². The summed E-state index contributed by atoms with van der Waals surface area (Å²) in [6.07, 6.45) is 3.29. The quantitative estimate of drug-likeness (QED) is 0.759. The highest BCUT2D eigenvalue weighted by Gasteiger charge is 2.17. The number of nitrogens with one attached hydrogen (secondary N) is 1. The number of hydrogen-bond donors (Lipinski definition) is 2. The van der Waals surface area contributed by atoms with Gasteiger partial charge in [0.1, 0.15) is 17.6 Å². The number of anilines is 2. The zero-order chi connectivity index (χ0) is 17.1. The normalized spacial score (nSPS) is 11.9. The molecule has 3 rings (SSSR count). The zero-order valence-corrected chi connectivity index (χ0v) is 13.6. The minimum absolute atomic E-state index is 0.219. The summed E-state index contributed by atoms with van der Waals surface area (Å²) in [5.41, 5.74) is 7.70. The number of nitrogens with two attached hydrogens (primary N) is 1. The third kappa shape index (κ3) is 3.52. The summed E-state index contributed by atoms with van der Waals surface area (Å²) in [6.45, 7) is 1.74. The first-order valence-corrected chi connectivity index (χ1v) is 7.61. The maximum atomic E-state index is 12.4. The Morgan fingerprint density at radius 1 is 1.33 bits per heavy atom. The molecule has 1 atom stereocenters. The van der Waals surface area contributed by atoms with E-state index in [1.165, 1.54) is 4.68 Å². The third-order valence-electron chi connectivity index (χ3n) is 3.46. The highest BCUT2D eigenvalue weighted by atomic mass is 35.5. The van der Waals surface area contributed by atoms with E-state index in [-0.39, 0.29) is 5.91 Å². The van der Waals surface area contributed by atoms with E-state index in [1.54, 1.807) is 55.7 Å². The monoisotopic (exact) mass is 342 g/mol. The number of carbonyl (C=O) groups excluding carboxylic acids is 1. The number of pyridine rings is 1. The van der Waals surface area contributed by atoms with Crippen LogP contribution < -0.4 is 11.1 Å². The van der Waals surface area contributed by atoms with Crippen molar-refractivity contribution in [3.63, 3.8) is 0 Å². The van der Waals surface area contributed by atoms with Gasteiger partial charge in [0.2, 0.25) is 5.91 Å². The van der Waals surface area contributed by atoms with Crippen molar-refractivity contribution in [3.8, 4) is 11.3 Å². The van der Waals surface area contributed by atoms with E-state index < -0.39 is 6.04 Å². The van der Waals surface area contributed by atoms with Crippen molar-refractivity contribution in [2.24, 2.45) is 0 Å². The zero-order valence-electron chi connectivity index (χ0n) is 12.8. The first kappa shape index (κ1) is 15.9. The van der Waals surface area contributed by atoms with Crippen LogP contribution in [0.15, 0.2) is 48.8 Å². The van der Waals surface area contributed by atoms with Crippen molar-refractivity contribution >= 4 is 29.0 Å². The number of amides is 1. The Hall–Kier alpha value is -2.93. The second-order valence-corrected chi connectivity index (χ2v) is 5.67. The Bertz CT molecular complexity index is 878. The van der Waals surface area contributed by atoms with Crippen molar-refractivity contribution in [1.82, 2.24) is 20.0 Å². The molecule has 1 aromatic carbocycles. The molecule has 2 aromatic heterocycles. The molecule has 0 fully saturated rings. The Kier molecular flexibility index (Phi) is 4.43. The lowest BCUT2D eigenvalue weighted by Crippen LogP contribution is -2.24. The number of benzene rings is 1. The van der Waals surface area contributed by atoms with Crippen molar-refractivity contribution in [1.29, 1.82) is 0 Å². The van der Waals surface area contributed by atoms with Crippen LogP contribution >= 0.6 is 11.6 Å². The molecule has 0 spiro atoms. The maximum Gasteiger partial charge on any atom is 0.249 e. The van der Waals surface area contributed by atoms with Crippen LogP contribution in [0.1, 0.15) is 13.0 Å². The minimum atomic E-state index is -0.538. The van der Waals surface area contributed by atoms with E-state index >= 15 is 0 Å². The molecule has 1 amide bonds. The first-order chi connectivity index (χ1) is 11.5. The van der Waals surface area contributed by atoms with Gasteiger partial charge in [0.25, 0.3) is 0 Å². The lowest BCUT2D eigenvalue weighted by Gasteiger charge is -2.12. The van der Waals surface area contributed by atoms with E-state index in [2.05, 4.69) is 20.6 Å². The van der Waals surface area contributed by atoms with Crippen molar-refractivity contribution in [3.05, 3.63) is 53.8 Å². The van der Waals surface area contributed by atoms with Gasteiger partial charge in [-0.25, -0.2) is 9.67 Å². The van der Waals surface area contributed by atoms with Crippen LogP contribution in [0.4, 0.5) is 11.5 Å². The molecule has 8 heteroatoms. The molecule has 1 unspecified atom stereocenters. The number of nitrogen functional groups attached to an aromatic ring is 1. The lowest BCUT2D eigenvalue weighted by atomic mass is 10.2. The molecule has 0 aliphatic rings. The van der Waals surface area contributed by atoms with Gasteiger partial charge >= 0.3 is 0 Å². The van der Waals surface area contributed by atoms with Gasteiger partial charge in [0.05, 0.1) is 6.20 Å². The number of rotatable bonds is 4. The smallest absolute Gasteiger partial charge is 0.249 e. The molecule has 0 bridgehead atoms. The van der Waals surface area contributed by atoms with Gasteiger partial charge in [0, 0.05) is 22.5 Å². The van der Waals surface area contributed by atoms with Crippen molar-refractivity contribution < 1.29 is 4.79 Å². The fourth-order valence-electron chi connectivity index (χ4n) is 2.14. The van der Waals surface area contributed by atoms with E-state index in [9.17, 15) is 4.79 Å². The van der Waals surface area contributed by atoms with Gasteiger partial charge < -0.3 is 11.1 Å². The van der Waals surface area contributed by atoms with E-state index in [0.717, 1.165) is 5.56 Å². The summed E-state index contributed by atoms with van der Waals surface area (Å²) in [4.78, 5) is 16.3. The highest BCUT2D eigenvalue weighted by Crippen LogP contribution is 2.20. The molecule has 0 aliphatic heterocycles. The molecule has 0 saturated heterocycles. The average molecular weight is 343 g/mol. The molecule has 2 heterocycles. The lowest BCUT2D eigenvalue weighted by molar-refractivity contribution is -0.119. The van der Waals surface area contributed by atoms with Crippen LogP contribution in [0.5, 0.6) is 0 Å². The summed E-state index contributed by atoms with van der Waals surface area (Å²) >= 11 is 5.91. The molecule has 24 heavy (non-hydrogen) atoms. The predicted octanol–water partition coefficient (Wildman–Crippen LogP) is 2.78. The highest BCUT2D eigenvalue weighted by molar-refractivity contribution is 6.30. The van der Waals surface area contributed by atoms with Crippen LogP contribution in [0.3, 0.4) is 0 Å². The number of nitrogens with zero attached hydrogens (tertiary/aromatic N) is 4. The van der Waals surface area contributed by atoms with Crippen LogP contribution in [-0.2, 0) is 4.79 Å². The van der Waals surface area contributed by atoms with Crippen LogP contribution in [0.2, 0.25) is 5.02 Å². The standard InChI is InChI=1S/C16H15ClN6O/c1-10(16(24)20-13-4-2-3-12(17)8-13)23-9-14(21-22-23)11-5-6-19-15(18)7-11/h2-10H,1H3,(H2,18,19)(H,20,24). The predicted molar refractivity (Wildman–Crippen MR) is 92.5 cm³/mol. The summed E-state index contributed by atoms with van der Waals surface area (Å²) in [5, 5.41) is 11.5. The third-order valence-corrected chi connectivity index (χ3v) is 3.69. The Morgan fingerprint density at radius 2 is 2.17 bits per heavy atom. The van der Waals surface area contributed by atoms with Gasteiger partial charge in [-0.1, -0.05) is 22.9 Å². The fourth-order valence-corrected chi connectivity index (χ4v) is 2.33. The number of carbonyl (C=O) groups is 1. The molecule has 0 aliphatic carbocycles. The largest absolute Gasteiger partial charge is 0.384 e. The minimum Gasteiger partial charge on any atom is -0.384 e. The van der Waals surface area contributed by atoms with Crippen LogP contribution in [0.25, 0.3) is 11.3 Å². The molecular weight excluding hydrogens is 328 g/mol. The Morgan fingerprint density at radius 3 is 2.92 bits per heavy atom. The second-order valence-electron chi connectivity index (χ2n) is 5.23. The molecular formula is C16H15ClN6O. The van der Waals surface area contributed by atoms with Crippen LogP contribution in [0, 0.1) is 0 Å². The van der Waals surface area contributed by atoms with Crippen molar-refractivity contribution in [2.75, 3.05) is 11.1 Å². The van der Waals surface area contributed by atoms with Gasteiger partial charge in [-0.3, -0.25) is 4.79 Å². The summed E-state index contributed by atoms with van der Waals surface area (Å²) in [6, 6.07) is 9.90. The number of aromatic nitrogens is 4. The average Bonchev–Trinajstić information content (AvgIpc) is 3.04. The van der Waals surface area contributed by atoms with Crippen molar-refractivity contribution in [2.45, 2.75) is 13.0 Å². The summed E-state index contributed by atoms with van der Waals surface area (Å²) < 4.78 is 1.49. The molecule has 7 nitrogen and oxygen atoms in total. The maximum absolute atomic E-state index is 12.4. The van der Waals surface area contributed by atoms with Gasteiger partial charge in [0.15, 0.2) is 0 Å². The fraction of sp³-hybridized carbons (Fsp3) is 0.125. The number of hydrogen-bond acceptors (Lipinski definition) is 5. The second kappa shape index (κ2) is 6.67.